The summed E-state index contributed by atoms with van der Waals surface area (Å²) in [5, 5.41) is 19.2. The minimum atomic E-state index is -1.22. The summed E-state index contributed by atoms with van der Waals surface area (Å²) in [5.41, 5.74) is 1.68. The van der Waals surface area contributed by atoms with Gasteiger partial charge in [-0.3, -0.25) is 0 Å². The van der Waals surface area contributed by atoms with E-state index in [0.29, 0.717) is 28.0 Å². The zero-order valence-electron chi connectivity index (χ0n) is 13.5. The van der Waals surface area contributed by atoms with Crippen molar-refractivity contribution in [1.29, 1.82) is 0 Å². The fraction of sp³-hybridized carbons (Fsp3) is 0.0526. The van der Waals surface area contributed by atoms with Crippen LogP contribution in [0.2, 0.25) is 0 Å². The highest BCUT2D eigenvalue weighted by atomic mass is 32.2. The number of carboxylic acid groups (broad SMARTS) is 2. The third-order valence-corrected chi connectivity index (χ3v) is 5.72. The summed E-state index contributed by atoms with van der Waals surface area (Å²) in [7, 11) is 0. The third-order valence-electron chi connectivity index (χ3n) is 3.81. The van der Waals surface area contributed by atoms with Crippen molar-refractivity contribution in [2.24, 2.45) is 0 Å². The van der Waals surface area contributed by atoms with Crippen molar-refractivity contribution in [1.82, 2.24) is 0 Å². The normalized spacial score (nSPS) is 10.7. The molecular weight excluding hydrogens is 375 g/mol. The summed E-state index contributed by atoms with van der Waals surface area (Å²) in [6.07, 6.45) is 1.93. The fourth-order valence-electron chi connectivity index (χ4n) is 2.66. The van der Waals surface area contributed by atoms with E-state index in [1.54, 1.807) is 23.9 Å². The van der Waals surface area contributed by atoms with E-state index < -0.39 is 17.8 Å². The van der Waals surface area contributed by atoms with Gasteiger partial charge in [0.05, 0.1) is 0 Å². The SMILES string of the molecule is CSc1ccc(-c2c(C(=O)O)sc(C(=O)O)c2-c2ccc(F)cc2)cc1. The predicted octanol–water partition coefficient (Wildman–Crippen LogP) is 5.34. The number of hydrogen-bond donors (Lipinski definition) is 2. The summed E-state index contributed by atoms with van der Waals surface area (Å²) < 4.78 is 13.3. The molecule has 0 amide bonds. The molecule has 0 unspecified atom stereocenters. The first-order valence-corrected chi connectivity index (χ1v) is 9.50. The van der Waals surface area contributed by atoms with E-state index in [9.17, 15) is 24.2 Å². The Balaban J connectivity index is 2.33. The second-order valence-corrected chi connectivity index (χ2v) is 7.26. The Morgan fingerprint density at radius 1 is 0.846 bits per heavy atom. The monoisotopic (exact) mass is 388 g/mol. The average Bonchev–Trinajstić information content (AvgIpc) is 3.03. The quantitative estimate of drug-likeness (QED) is 0.577. The van der Waals surface area contributed by atoms with Gasteiger partial charge in [0.2, 0.25) is 0 Å². The van der Waals surface area contributed by atoms with E-state index in [-0.39, 0.29) is 15.3 Å². The van der Waals surface area contributed by atoms with Gasteiger partial charge >= 0.3 is 11.9 Å². The number of benzene rings is 2. The Hall–Kier alpha value is -2.64. The maximum absolute atomic E-state index is 13.3. The zero-order valence-corrected chi connectivity index (χ0v) is 15.2. The molecule has 0 aliphatic heterocycles. The first-order chi connectivity index (χ1) is 12.4. The topological polar surface area (TPSA) is 74.6 Å². The van der Waals surface area contributed by atoms with E-state index in [1.807, 2.05) is 18.4 Å². The highest BCUT2D eigenvalue weighted by molar-refractivity contribution is 7.98. The maximum Gasteiger partial charge on any atom is 0.346 e. The Kier molecular flexibility index (Phi) is 5.11. The Morgan fingerprint density at radius 2 is 1.27 bits per heavy atom. The summed E-state index contributed by atoms with van der Waals surface area (Å²) in [4.78, 5) is 24.3. The van der Waals surface area contributed by atoms with Gasteiger partial charge in [-0.1, -0.05) is 24.3 Å². The number of carboxylic acids is 2. The molecule has 0 aliphatic carbocycles. The molecule has 0 saturated heterocycles. The number of aromatic carboxylic acids is 2. The van der Waals surface area contributed by atoms with Crippen molar-refractivity contribution in [3.05, 3.63) is 64.1 Å². The van der Waals surface area contributed by atoms with Crippen LogP contribution >= 0.6 is 23.1 Å². The first-order valence-electron chi connectivity index (χ1n) is 7.46. The van der Waals surface area contributed by atoms with Gasteiger partial charge in [-0.25, -0.2) is 14.0 Å². The highest BCUT2D eigenvalue weighted by Gasteiger charge is 2.27. The lowest BCUT2D eigenvalue weighted by Gasteiger charge is -2.09. The molecule has 0 spiro atoms. The molecule has 0 saturated carbocycles. The molecule has 0 bridgehead atoms. The molecule has 1 heterocycles. The van der Waals surface area contributed by atoms with Crippen LogP contribution in [0, 0.1) is 5.82 Å². The molecule has 2 N–H and O–H groups in total. The Morgan fingerprint density at radius 3 is 1.65 bits per heavy atom. The van der Waals surface area contributed by atoms with Gasteiger partial charge in [0.1, 0.15) is 15.6 Å². The molecule has 2 aromatic carbocycles. The van der Waals surface area contributed by atoms with Gasteiger partial charge < -0.3 is 10.2 Å². The highest BCUT2D eigenvalue weighted by Crippen LogP contribution is 2.43. The first kappa shape index (κ1) is 18.2. The van der Waals surface area contributed by atoms with Gasteiger partial charge in [0.15, 0.2) is 0 Å². The van der Waals surface area contributed by atoms with Gasteiger partial charge in [0, 0.05) is 16.0 Å². The van der Waals surface area contributed by atoms with Crippen molar-refractivity contribution in [3.8, 4) is 22.3 Å². The van der Waals surface area contributed by atoms with Gasteiger partial charge in [-0.05, 0) is 41.6 Å². The van der Waals surface area contributed by atoms with E-state index in [4.69, 9.17) is 0 Å². The van der Waals surface area contributed by atoms with Crippen molar-refractivity contribution in [2.45, 2.75) is 4.90 Å². The van der Waals surface area contributed by atoms with Crippen LogP contribution in [0.25, 0.3) is 22.3 Å². The molecule has 7 heteroatoms. The minimum Gasteiger partial charge on any atom is -0.477 e. The van der Waals surface area contributed by atoms with Crippen molar-refractivity contribution in [3.63, 3.8) is 0 Å². The van der Waals surface area contributed by atoms with Crippen molar-refractivity contribution < 1.29 is 24.2 Å². The summed E-state index contributed by atoms with van der Waals surface area (Å²) in [6, 6.07) is 12.6. The van der Waals surface area contributed by atoms with E-state index >= 15 is 0 Å². The Labute approximate surface area is 156 Å². The number of carbonyl (C=O) groups is 2. The molecule has 26 heavy (non-hydrogen) atoms. The molecule has 4 nitrogen and oxygen atoms in total. The average molecular weight is 388 g/mol. The molecule has 0 fully saturated rings. The van der Waals surface area contributed by atoms with Crippen molar-refractivity contribution >= 4 is 35.0 Å². The molecule has 3 aromatic rings. The van der Waals surface area contributed by atoms with E-state index in [0.717, 1.165) is 4.90 Å². The predicted molar refractivity (Wildman–Crippen MR) is 101 cm³/mol. The summed E-state index contributed by atoms with van der Waals surface area (Å²) >= 11 is 2.25. The van der Waals surface area contributed by atoms with Crippen LogP contribution in [-0.2, 0) is 0 Å². The van der Waals surface area contributed by atoms with Gasteiger partial charge in [0.25, 0.3) is 0 Å². The third kappa shape index (κ3) is 3.36. The van der Waals surface area contributed by atoms with E-state index in [2.05, 4.69) is 0 Å². The number of rotatable bonds is 5. The minimum absolute atomic E-state index is 0.0568. The number of thioether (sulfide) groups is 1. The van der Waals surface area contributed by atoms with Crippen LogP contribution in [0.3, 0.4) is 0 Å². The van der Waals surface area contributed by atoms with Crippen LogP contribution in [0.1, 0.15) is 19.3 Å². The van der Waals surface area contributed by atoms with Crippen molar-refractivity contribution in [2.75, 3.05) is 6.26 Å². The molecule has 3 rings (SSSR count). The lowest BCUT2D eigenvalue weighted by atomic mass is 9.94. The number of thiophene rings is 1. The molecular formula is C19H13FO4S2. The molecule has 0 aliphatic rings. The van der Waals surface area contributed by atoms with Gasteiger partial charge in [-0.2, -0.15) is 0 Å². The van der Waals surface area contributed by atoms with Crippen LogP contribution in [0.4, 0.5) is 4.39 Å². The number of halogens is 1. The standard InChI is InChI=1S/C19H13FO4S2/c1-25-13-8-4-11(5-9-13)15-14(10-2-6-12(20)7-3-10)16(18(21)22)26-17(15)19(23)24/h2-9H,1H3,(H,21,22)(H,23,24). The van der Waals surface area contributed by atoms with Crippen LogP contribution in [-0.4, -0.2) is 28.4 Å². The van der Waals surface area contributed by atoms with Crippen LogP contribution in [0.15, 0.2) is 53.4 Å². The second-order valence-electron chi connectivity index (χ2n) is 5.36. The molecule has 0 atom stereocenters. The lowest BCUT2D eigenvalue weighted by Crippen LogP contribution is -1.97. The van der Waals surface area contributed by atoms with Crippen LogP contribution < -0.4 is 0 Å². The van der Waals surface area contributed by atoms with Crippen LogP contribution in [0.5, 0.6) is 0 Å². The largest absolute Gasteiger partial charge is 0.477 e. The van der Waals surface area contributed by atoms with E-state index in [1.165, 1.54) is 24.3 Å². The fourth-order valence-corrected chi connectivity index (χ4v) is 4.09. The number of hydrogen-bond acceptors (Lipinski definition) is 4. The van der Waals surface area contributed by atoms with Gasteiger partial charge in [-0.15, -0.1) is 23.1 Å². The molecule has 0 radical (unpaired) electrons. The maximum atomic E-state index is 13.3. The molecule has 132 valence electrons. The summed E-state index contributed by atoms with van der Waals surface area (Å²) in [5.74, 6) is -2.87. The Bertz CT molecular complexity index is 976. The lowest BCUT2D eigenvalue weighted by molar-refractivity contribution is 0.0694. The summed E-state index contributed by atoms with van der Waals surface area (Å²) in [6.45, 7) is 0. The zero-order chi connectivity index (χ0) is 18.8. The smallest absolute Gasteiger partial charge is 0.346 e. The molecule has 1 aromatic heterocycles. The second kappa shape index (κ2) is 7.31.